The molecule has 0 aromatic heterocycles. The van der Waals surface area contributed by atoms with Gasteiger partial charge in [-0.05, 0) is 12.8 Å². The van der Waals surface area contributed by atoms with Gasteiger partial charge in [-0.25, -0.2) is 8.97 Å². The highest BCUT2D eigenvalue weighted by Crippen LogP contribution is 2.22. The summed E-state index contributed by atoms with van der Waals surface area (Å²) in [6, 6.07) is 0. The van der Waals surface area contributed by atoms with E-state index < -0.39 is 0 Å². The molecular formula is C11H19FNO+. The monoisotopic (exact) mass is 200 g/mol. The van der Waals surface area contributed by atoms with Crippen LogP contribution in [0.1, 0.15) is 25.7 Å². The van der Waals surface area contributed by atoms with Gasteiger partial charge in [-0.15, -0.1) is 0 Å². The third-order valence-electron chi connectivity index (χ3n) is 3.16. The quantitative estimate of drug-likeness (QED) is 0.617. The maximum absolute atomic E-state index is 12.4. The molecule has 2 nitrogen and oxygen atoms in total. The summed E-state index contributed by atoms with van der Waals surface area (Å²) in [5.41, 5.74) is 0. The summed E-state index contributed by atoms with van der Waals surface area (Å²) in [6.45, 7) is 2.01. The summed E-state index contributed by atoms with van der Waals surface area (Å²) in [4.78, 5) is 0. The van der Waals surface area contributed by atoms with Crippen molar-refractivity contribution in [3.05, 3.63) is 0 Å². The van der Waals surface area contributed by atoms with Crippen LogP contribution in [0.3, 0.4) is 0 Å². The van der Waals surface area contributed by atoms with E-state index in [1.165, 1.54) is 25.7 Å². The van der Waals surface area contributed by atoms with E-state index in [0.29, 0.717) is 6.61 Å². The third-order valence-corrected chi connectivity index (χ3v) is 3.16. The van der Waals surface area contributed by atoms with Crippen molar-refractivity contribution < 1.29 is 13.7 Å². The highest BCUT2D eigenvalue weighted by atomic mass is 19.1. The molecule has 1 aliphatic carbocycles. The molecule has 80 valence electrons. The summed E-state index contributed by atoms with van der Waals surface area (Å²) < 4.78 is 19.9. The maximum atomic E-state index is 12.4. The molecule has 1 saturated carbocycles. The molecule has 0 aromatic rings. The summed E-state index contributed by atoms with van der Waals surface area (Å²) >= 11 is 0. The van der Waals surface area contributed by atoms with Crippen molar-refractivity contribution in [3.63, 3.8) is 0 Å². The van der Waals surface area contributed by atoms with Gasteiger partial charge in [-0.1, -0.05) is 12.8 Å². The van der Waals surface area contributed by atoms with Crippen LogP contribution in [0.4, 0.5) is 4.39 Å². The lowest BCUT2D eigenvalue weighted by molar-refractivity contribution is -0.556. The Bertz CT molecular complexity index is 211. The van der Waals surface area contributed by atoms with Gasteiger partial charge in [0.2, 0.25) is 0 Å². The van der Waals surface area contributed by atoms with E-state index >= 15 is 0 Å². The molecule has 3 heteroatoms. The standard InChI is InChI=1S/C11H19FNO/c12-7-11-9-13(5-6-14-11)8-10-3-1-2-4-10/h8,10-11H,1-7,9H2/q+1/t11-/m1/s1. The van der Waals surface area contributed by atoms with Crippen molar-refractivity contribution in [2.24, 2.45) is 5.92 Å². The van der Waals surface area contributed by atoms with Crippen LogP contribution in [0.2, 0.25) is 0 Å². The van der Waals surface area contributed by atoms with Gasteiger partial charge >= 0.3 is 0 Å². The number of morpholine rings is 1. The molecule has 1 heterocycles. The number of halogens is 1. The van der Waals surface area contributed by atoms with Crippen LogP contribution in [0.25, 0.3) is 0 Å². The summed E-state index contributed by atoms with van der Waals surface area (Å²) in [7, 11) is 0. The Morgan fingerprint density at radius 1 is 1.36 bits per heavy atom. The number of alkyl halides is 1. The third kappa shape index (κ3) is 2.53. The Labute approximate surface area is 84.8 Å². The number of hydrogen-bond acceptors (Lipinski definition) is 1. The van der Waals surface area contributed by atoms with Gasteiger partial charge in [0.15, 0.2) is 13.1 Å². The molecule has 0 unspecified atom stereocenters. The first kappa shape index (κ1) is 10.1. The zero-order valence-electron chi connectivity index (χ0n) is 8.62. The molecule has 2 rings (SSSR count). The first-order valence-electron chi connectivity index (χ1n) is 5.65. The van der Waals surface area contributed by atoms with E-state index in [0.717, 1.165) is 19.0 Å². The Morgan fingerprint density at radius 2 is 2.14 bits per heavy atom. The smallest absolute Gasteiger partial charge is 0.171 e. The van der Waals surface area contributed by atoms with Crippen LogP contribution in [0.5, 0.6) is 0 Å². The molecule has 0 bridgehead atoms. The number of hydrogen-bond donors (Lipinski definition) is 0. The minimum atomic E-state index is -0.352. The molecule has 1 aliphatic heterocycles. The Morgan fingerprint density at radius 3 is 2.86 bits per heavy atom. The molecule has 0 radical (unpaired) electrons. The van der Waals surface area contributed by atoms with Crippen LogP contribution in [-0.4, -0.2) is 43.3 Å². The van der Waals surface area contributed by atoms with E-state index in [9.17, 15) is 4.39 Å². The van der Waals surface area contributed by atoms with E-state index in [2.05, 4.69) is 10.8 Å². The minimum Gasteiger partial charge on any atom is -0.362 e. The van der Waals surface area contributed by atoms with Crippen molar-refractivity contribution in [1.82, 2.24) is 0 Å². The number of rotatable bonds is 2. The SMILES string of the molecule is FC[C@@H]1C[N+](=CC2CCCC2)CCO1. The zero-order valence-corrected chi connectivity index (χ0v) is 8.62. The van der Waals surface area contributed by atoms with Gasteiger partial charge in [0.1, 0.15) is 25.6 Å². The molecule has 14 heavy (non-hydrogen) atoms. The second-order valence-corrected chi connectivity index (χ2v) is 4.34. The largest absolute Gasteiger partial charge is 0.362 e. The maximum Gasteiger partial charge on any atom is 0.171 e. The average molecular weight is 200 g/mol. The fourth-order valence-electron chi connectivity index (χ4n) is 2.38. The van der Waals surface area contributed by atoms with Crippen molar-refractivity contribution in [2.75, 3.05) is 26.4 Å². The summed E-state index contributed by atoms with van der Waals surface area (Å²) in [5.74, 6) is 0.744. The highest BCUT2D eigenvalue weighted by molar-refractivity contribution is 5.55. The molecule has 0 aromatic carbocycles. The predicted octanol–water partition coefficient (Wildman–Crippen LogP) is 1.63. The van der Waals surface area contributed by atoms with Gasteiger partial charge < -0.3 is 4.74 Å². The normalized spacial score (nSPS) is 32.6. The van der Waals surface area contributed by atoms with Crippen LogP contribution in [0.15, 0.2) is 0 Å². The molecule has 0 spiro atoms. The van der Waals surface area contributed by atoms with Gasteiger partial charge in [-0.3, -0.25) is 0 Å². The molecule has 0 amide bonds. The zero-order chi connectivity index (χ0) is 9.80. The topological polar surface area (TPSA) is 12.2 Å². The van der Waals surface area contributed by atoms with Crippen molar-refractivity contribution >= 4 is 6.21 Å². The van der Waals surface area contributed by atoms with Crippen molar-refractivity contribution in [1.29, 1.82) is 0 Å². The lowest BCUT2D eigenvalue weighted by atomic mass is 10.1. The molecule has 1 atom stereocenters. The van der Waals surface area contributed by atoms with Crippen molar-refractivity contribution in [2.45, 2.75) is 31.8 Å². The predicted molar refractivity (Wildman–Crippen MR) is 53.7 cm³/mol. The highest BCUT2D eigenvalue weighted by Gasteiger charge is 2.24. The lowest BCUT2D eigenvalue weighted by Crippen LogP contribution is -2.39. The Hall–Kier alpha value is -0.440. The number of ether oxygens (including phenoxy) is 1. The first-order chi connectivity index (χ1) is 6.88. The van der Waals surface area contributed by atoms with E-state index in [4.69, 9.17) is 4.74 Å². The molecule has 2 aliphatic rings. The molecule has 0 N–H and O–H groups in total. The lowest BCUT2D eigenvalue weighted by Gasteiger charge is -2.19. The summed E-state index contributed by atoms with van der Waals surface area (Å²) in [6.07, 6.45) is 7.48. The van der Waals surface area contributed by atoms with Crippen LogP contribution in [-0.2, 0) is 4.74 Å². The van der Waals surface area contributed by atoms with E-state index in [1.807, 2.05) is 0 Å². The molecule has 1 saturated heterocycles. The molecule has 2 fully saturated rings. The second kappa shape index (κ2) is 4.87. The molecular weight excluding hydrogens is 181 g/mol. The van der Waals surface area contributed by atoms with Crippen molar-refractivity contribution in [3.8, 4) is 0 Å². The second-order valence-electron chi connectivity index (χ2n) is 4.34. The van der Waals surface area contributed by atoms with Gasteiger partial charge in [0.05, 0.1) is 0 Å². The van der Waals surface area contributed by atoms with Gasteiger partial charge in [0.25, 0.3) is 0 Å². The van der Waals surface area contributed by atoms with Crippen LogP contribution < -0.4 is 0 Å². The van der Waals surface area contributed by atoms with E-state index in [-0.39, 0.29) is 12.8 Å². The minimum absolute atomic E-state index is 0.193. The van der Waals surface area contributed by atoms with E-state index in [1.54, 1.807) is 0 Å². The number of nitrogens with zero attached hydrogens (tertiary/aromatic N) is 1. The fourth-order valence-corrected chi connectivity index (χ4v) is 2.38. The Balaban J connectivity index is 1.88. The van der Waals surface area contributed by atoms with Crippen LogP contribution >= 0.6 is 0 Å². The van der Waals surface area contributed by atoms with Crippen LogP contribution in [0, 0.1) is 5.92 Å². The first-order valence-corrected chi connectivity index (χ1v) is 5.65. The summed E-state index contributed by atoms with van der Waals surface area (Å²) in [5, 5.41) is 0. The Kier molecular flexibility index (Phi) is 3.51. The van der Waals surface area contributed by atoms with Gasteiger partial charge in [0, 0.05) is 5.92 Å². The van der Waals surface area contributed by atoms with Gasteiger partial charge in [-0.2, -0.15) is 0 Å². The fraction of sp³-hybridized carbons (Fsp3) is 0.909. The average Bonchev–Trinajstić information content (AvgIpc) is 2.71.